The Morgan fingerprint density at radius 3 is 2.36 bits per heavy atom. The second-order valence-electron chi connectivity index (χ2n) is 4.68. The van der Waals surface area contributed by atoms with E-state index in [1.165, 1.54) is 0 Å². The molecule has 0 saturated heterocycles. The van der Waals surface area contributed by atoms with E-state index in [2.05, 4.69) is 15.4 Å². The first-order valence-electron chi connectivity index (χ1n) is 6.64. The minimum atomic E-state index is -1.41. The number of methoxy groups -OCH3 is 1. The van der Waals surface area contributed by atoms with Crippen molar-refractivity contribution in [2.45, 2.75) is 0 Å². The lowest BCUT2D eigenvalue weighted by Crippen LogP contribution is -2.21. The maximum atomic E-state index is 13.9. The zero-order valence-corrected chi connectivity index (χ0v) is 15.0. The first-order valence-corrected chi connectivity index (χ1v) is 7.80. The fourth-order valence-electron chi connectivity index (χ4n) is 1.89. The van der Waals surface area contributed by atoms with Gasteiger partial charge in [0.2, 0.25) is 0 Å². The monoisotopic (exact) mass is 405 g/mol. The third-order valence-corrected chi connectivity index (χ3v) is 3.93. The number of benzene rings is 2. The highest BCUT2D eigenvalue weighted by Gasteiger charge is 2.22. The number of nitrogens with one attached hydrogen (secondary N) is 2. The van der Waals surface area contributed by atoms with Crippen molar-refractivity contribution >= 4 is 63.6 Å². The summed E-state index contributed by atoms with van der Waals surface area (Å²) in [7, 11) is 1.04. The first-order chi connectivity index (χ1) is 11.8. The van der Waals surface area contributed by atoms with Crippen LogP contribution in [0.5, 0.6) is 0 Å². The van der Waals surface area contributed by atoms with E-state index in [-0.39, 0.29) is 10.8 Å². The van der Waals surface area contributed by atoms with Gasteiger partial charge in [-0.3, -0.25) is 0 Å². The maximum absolute atomic E-state index is 13.9. The molecule has 0 spiro atoms. The van der Waals surface area contributed by atoms with E-state index in [4.69, 9.17) is 41.2 Å². The van der Waals surface area contributed by atoms with Gasteiger partial charge in [-0.05, 0) is 30.4 Å². The Bertz CT molecular complexity index is 845. The Hall–Kier alpha value is -2.16. The molecule has 2 aromatic rings. The van der Waals surface area contributed by atoms with Crippen molar-refractivity contribution in [3.63, 3.8) is 0 Å². The second-order valence-corrected chi connectivity index (χ2v) is 5.90. The molecular weight excluding hydrogens is 395 g/mol. The van der Waals surface area contributed by atoms with Crippen molar-refractivity contribution in [3.05, 3.63) is 51.5 Å². The minimum absolute atomic E-state index is 0.0523. The minimum Gasteiger partial charge on any atom is -0.465 e. The molecule has 0 aliphatic rings. The van der Waals surface area contributed by atoms with Crippen LogP contribution in [-0.4, -0.2) is 18.2 Å². The van der Waals surface area contributed by atoms with E-state index in [1.54, 1.807) is 18.2 Å². The number of carbonyl (C=O) groups excluding carboxylic acids is 1. The molecule has 0 saturated carbocycles. The van der Waals surface area contributed by atoms with Crippen LogP contribution in [0.15, 0.2) is 24.3 Å². The Kier molecular flexibility index (Phi) is 5.99. The molecule has 2 rings (SSSR count). The molecule has 10 heteroatoms. The van der Waals surface area contributed by atoms with E-state index in [1.807, 2.05) is 0 Å². The normalized spacial score (nSPS) is 10.3. The lowest BCUT2D eigenvalue weighted by molar-refractivity contribution is 0.0594. The fraction of sp³-hybridized carbons (Fsp3) is 0.0667. The Balaban J connectivity index is 2.32. The van der Waals surface area contributed by atoms with Gasteiger partial charge in [0.05, 0.1) is 34.2 Å². The number of anilines is 3. The van der Waals surface area contributed by atoms with Crippen molar-refractivity contribution in [2.24, 2.45) is 0 Å². The second kappa shape index (κ2) is 7.81. The number of para-hydroxylation sites is 1. The molecule has 0 bridgehead atoms. The highest BCUT2D eigenvalue weighted by atomic mass is 35.5. The number of ether oxygens (including phenoxy) is 1. The van der Waals surface area contributed by atoms with E-state index >= 15 is 0 Å². The van der Waals surface area contributed by atoms with Crippen molar-refractivity contribution in [1.29, 1.82) is 0 Å². The van der Waals surface area contributed by atoms with Crippen LogP contribution in [0.3, 0.4) is 0 Å². The van der Waals surface area contributed by atoms with E-state index in [0.717, 1.165) is 13.2 Å². The van der Waals surface area contributed by atoms with Crippen LogP contribution in [0.1, 0.15) is 10.4 Å². The van der Waals surface area contributed by atoms with Gasteiger partial charge >= 0.3 is 5.97 Å². The highest BCUT2D eigenvalue weighted by molar-refractivity contribution is 7.80. The van der Waals surface area contributed by atoms with Gasteiger partial charge in [-0.1, -0.05) is 29.3 Å². The SMILES string of the molecule is COC(=O)c1cc(NC(=S)Nc2c(Cl)cccc2Cl)c(N)c(F)c1F. The summed E-state index contributed by atoms with van der Waals surface area (Å²) in [4.78, 5) is 11.5. The predicted octanol–water partition coefficient (Wildman–Crippen LogP) is 4.45. The standard InChI is InChI=1S/C15H11Cl2F2N3O2S/c1-24-14(23)6-5-9(12(20)11(19)10(6)18)21-15(25)22-13-7(16)3-2-4-8(13)17/h2-5H,20H2,1H3,(H2,21,22,25). The van der Waals surface area contributed by atoms with Crippen molar-refractivity contribution in [3.8, 4) is 0 Å². The number of esters is 1. The quantitative estimate of drug-likeness (QED) is 0.397. The van der Waals surface area contributed by atoms with Crippen LogP contribution in [0, 0.1) is 11.6 Å². The number of nitrogens with two attached hydrogens (primary N) is 1. The van der Waals surface area contributed by atoms with E-state index < -0.39 is 28.9 Å². The number of hydrogen-bond acceptors (Lipinski definition) is 4. The molecule has 4 N–H and O–H groups in total. The molecule has 5 nitrogen and oxygen atoms in total. The molecule has 0 radical (unpaired) electrons. The molecule has 0 aliphatic heterocycles. The molecule has 0 heterocycles. The van der Waals surface area contributed by atoms with Crippen molar-refractivity contribution < 1.29 is 18.3 Å². The molecule has 0 atom stereocenters. The van der Waals surface area contributed by atoms with Crippen LogP contribution < -0.4 is 16.4 Å². The summed E-state index contributed by atoms with van der Waals surface area (Å²) < 4.78 is 32.1. The van der Waals surface area contributed by atoms with Crippen LogP contribution >= 0.6 is 35.4 Å². The number of thiocarbonyl (C=S) groups is 1. The fourth-order valence-corrected chi connectivity index (χ4v) is 2.59. The van der Waals surface area contributed by atoms with Crippen LogP contribution in [0.25, 0.3) is 0 Å². The van der Waals surface area contributed by atoms with Gasteiger partial charge in [0, 0.05) is 0 Å². The summed E-state index contributed by atoms with van der Waals surface area (Å²) in [5.41, 5.74) is 4.53. The molecule has 0 amide bonds. The van der Waals surface area contributed by atoms with Gasteiger partial charge in [0.15, 0.2) is 16.7 Å². The summed E-state index contributed by atoms with van der Waals surface area (Å²) in [6.07, 6.45) is 0. The highest BCUT2D eigenvalue weighted by Crippen LogP contribution is 2.31. The molecule has 132 valence electrons. The maximum Gasteiger partial charge on any atom is 0.341 e. The topological polar surface area (TPSA) is 76.4 Å². The Morgan fingerprint density at radius 1 is 1.20 bits per heavy atom. The van der Waals surface area contributed by atoms with Crippen molar-refractivity contribution in [2.75, 3.05) is 23.5 Å². The zero-order chi connectivity index (χ0) is 18.7. The van der Waals surface area contributed by atoms with Gasteiger partial charge in [0.1, 0.15) is 5.56 Å². The zero-order valence-electron chi connectivity index (χ0n) is 12.6. The summed E-state index contributed by atoms with van der Waals surface area (Å²) in [5, 5.41) is 5.82. The third-order valence-electron chi connectivity index (χ3n) is 3.10. The average molecular weight is 406 g/mol. The number of nitrogen functional groups attached to an aromatic ring is 1. The molecule has 0 unspecified atom stereocenters. The lowest BCUT2D eigenvalue weighted by atomic mass is 10.1. The number of hydrogen-bond donors (Lipinski definition) is 3. The van der Waals surface area contributed by atoms with Gasteiger partial charge in [-0.25, -0.2) is 13.6 Å². The molecule has 0 aliphatic carbocycles. The predicted molar refractivity (Wildman–Crippen MR) is 98.4 cm³/mol. The lowest BCUT2D eigenvalue weighted by Gasteiger charge is -2.16. The third kappa shape index (κ3) is 4.09. The van der Waals surface area contributed by atoms with Crippen LogP contribution in [0.2, 0.25) is 10.0 Å². The molecule has 25 heavy (non-hydrogen) atoms. The largest absolute Gasteiger partial charge is 0.465 e. The summed E-state index contributed by atoms with van der Waals surface area (Å²) in [5.74, 6) is -3.88. The van der Waals surface area contributed by atoms with Crippen LogP contribution in [0.4, 0.5) is 25.8 Å². The summed E-state index contributed by atoms with van der Waals surface area (Å²) in [6, 6.07) is 5.80. The summed E-state index contributed by atoms with van der Waals surface area (Å²) in [6.45, 7) is 0. The summed E-state index contributed by atoms with van der Waals surface area (Å²) >= 11 is 17.1. The Labute approximate surface area is 157 Å². The smallest absolute Gasteiger partial charge is 0.341 e. The first kappa shape index (κ1) is 19.2. The molecule has 0 fully saturated rings. The number of carbonyl (C=O) groups is 1. The molecule has 0 aromatic heterocycles. The van der Waals surface area contributed by atoms with E-state index in [9.17, 15) is 13.6 Å². The molecule has 2 aromatic carbocycles. The van der Waals surface area contributed by atoms with Gasteiger partial charge in [-0.15, -0.1) is 0 Å². The van der Waals surface area contributed by atoms with Crippen LogP contribution in [-0.2, 0) is 4.74 Å². The Morgan fingerprint density at radius 2 is 1.80 bits per heavy atom. The van der Waals surface area contributed by atoms with Gasteiger partial charge in [-0.2, -0.15) is 0 Å². The number of rotatable bonds is 3. The van der Waals surface area contributed by atoms with Crippen molar-refractivity contribution in [1.82, 2.24) is 0 Å². The van der Waals surface area contributed by atoms with Gasteiger partial charge in [0.25, 0.3) is 0 Å². The van der Waals surface area contributed by atoms with E-state index in [0.29, 0.717) is 15.7 Å². The number of halogens is 4. The van der Waals surface area contributed by atoms with Gasteiger partial charge < -0.3 is 21.1 Å². The average Bonchev–Trinajstić information content (AvgIpc) is 2.58. The molecular formula is C15H11Cl2F2N3O2S.